The molecule has 1 aliphatic heterocycles. The highest BCUT2D eigenvalue weighted by atomic mass is 32.2. The summed E-state index contributed by atoms with van der Waals surface area (Å²) in [5.41, 5.74) is 0.673. The molecule has 130 valence electrons. The zero-order chi connectivity index (χ0) is 17.3. The van der Waals surface area contributed by atoms with Crippen LogP contribution in [0.3, 0.4) is 0 Å². The third-order valence-electron chi connectivity index (χ3n) is 4.32. The molecular formula is C16H22N4O3S. The van der Waals surface area contributed by atoms with Crippen LogP contribution in [0, 0.1) is 6.92 Å². The third-order valence-corrected chi connectivity index (χ3v) is 6.39. The summed E-state index contributed by atoms with van der Waals surface area (Å²) < 4.78 is 35.1. The molecular weight excluding hydrogens is 328 g/mol. The van der Waals surface area contributed by atoms with Crippen LogP contribution in [-0.2, 0) is 17.1 Å². The fraction of sp³-hybridized carbons (Fsp3) is 0.438. The number of piperazine rings is 1. The molecule has 3 rings (SSSR count). The quantitative estimate of drug-likeness (QED) is 0.893. The molecule has 1 aromatic carbocycles. The lowest BCUT2D eigenvalue weighted by Crippen LogP contribution is -2.49. The van der Waals surface area contributed by atoms with Crippen LogP contribution >= 0.6 is 0 Å². The molecule has 0 bridgehead atoms. The number of nitrogens with one attached hydrogen (secondary N) is 1. The SMILES string of the molecule is COc1ccc(S(=O)(=O)N2CCNCC2c2nccn2C)c(C)c1. The van der Waals surface area contributed by atoms with Crippen molar-refractivity contribution in [3.05, 3.63) is 42.0 Å². The van der Waals surface area contributed by atoms with Crippen molar-refractivity contribution >= 4 is 10.0 Å². The van der Waals surface area contributed by atoms with Gasteiger partial charge in [-0.3, -0.25) is 0 Å². The number of aryl methyl sites for hydroxylation is 2. The second-order valence-corrected chi connectivity index (χ2v) is 7.72. The molecule has 2 aromatic rings. The summed E-state index contributed by atoms with van der Waals surface area (Å²) in [5.74, 6) is 1.38. The summed E-state index contributed by atoms with van der Waals surface area (Å²) >= 11 is 0. The molecule has 0 aliphatic carbocycles. The molecule has 0 amide bonds. The number of imidazole rings is 1. The average Bonchev–Trinajstić information content (AvgIpc) is 3.00. The van der Waals surface area contributed by atoms with E-state index in [2.05, 4.69) is 10.3 Å². The Morgan fingerprint density at radius 2 is 2.17 bits per heavy atom. The summed E-state index contributed by atoms with van der Waals surface area (Å²) in [7, 11) is -0.184. The van der Waals surface area contributed by atoms with Gasteiger partial charge >= 0.3 is 0 Å². The molecule has 1 aliphatic rings. The summed E-state index contributed by atoms with van der Waals surface area (Å²) in [6, 6.07) is 4.70. The number of ether oxygens (including phenoxy) is 1. The lowest BCUT2D eigenvalue weighted by Gasteiger charge is -2.35. The molecule has 0 radical (unpaired) electrons. The minimum Gasteiger partial charge on any atom is -0.497 e. The summed E-state index contributed by atoms with van der Waals surface area (Å²) in [6.45, 7) is 3.35. The van der Waals surface area contributed by atoms with Gasteiger partial charge in [-0.25, -0.2) is 13.4 Å². The molecule has 1 atom stereocenters. The van der Waals surface area contributed by atoms with Gasteiger partial charge in [0, 0.05) is 39.1 Å². The lowest BCUT2D eigenvalue weighted by atomic mass is 10.2. The van der Waals surface area contributed by atoms with Crippen molar-refractivity contribution in [3.8, 4) is 5.75 Å². The van der Waals surface area contributed by atoms with Gasteiger partial charge in [0.05, 0.1) is 18.0 Å². The monoisotopic (exact) mass is 350 g/mol. The van der Waals surface area contributed by atoms with Crippen LogP contribution in [0.15, 0.2) is 35.5 Å². The van der Waals surface area contributed by atoms with E-state index in [0.29, 0.717) is 35.8 Å². The topological polar surface area (TPSA) is 76.5 Å². The Bertz CT molecular complexity index is 832. The molecule has 1 fully saturated rings. The molecule has 2 heterocycles. The van der Waals surface area contributed by atoms with Gasteiger partial charge in [0.15, 0.2) is 0 Å². The molecule has 24 heavy (non-hydrogen) atoms. The fourth-order valence-electron chi connectivity index (χ4n) is 3.06. The van der Waals surface area contributed by atoms with Gasteiger partial charge in [-0.2, -0.15) is 4.31 Å². The highest BCUT2D eigenvalue weighted by molar-refractivity contribution is 7.89. The summed E-state index contributed by atoms with van der Waals surface area (Å²) in [4.78, 5) is 4.65. The highest BCUT2D eigenvalue weighted by Crippen LogP contribution is 2.30. The van der Waals surface area contributed by atoms with Crippen LogP contribution in [0.2, 0.25) is 0 Å². The number of methoxy groups -OCH3 is 1. The van der Waals surface area contributed by atoms with E-state index in [-0.39, 0.29) is 6.04 Å². The van der Waals surface area contributed by atoms with Crippen LogP contribution < -0.4 is 10.1 Å². The van der Waals surface area contributed by atoms with Crippen LogP contribution in [0.1, 0.15) is 17.4 Å². The predicted molar refractivity (Wildman–Crippen MR) is 90.4 cm³/mol. The number of hydrogen-bond acceptors (Lipinski definition) is 5. The van der Waals surface area contributed by atoms with Gasteiger partial charge in [0.2, 0.25) is 10.0 Å². The first-order valence-corrected chi connectivity index (χ1v) is 9.23. The normalized spacial score (nSPS) is 19.4. The van der Waals surface area contributed by atoms with Crippen LogP contribution in [-0.4, -0.2) is 49.0 Å². The first-order chi connectivity index (χ1) is 11.4. The molecule has 8 heteroatoms. The smallest absolute Gasteiger partial charge is 0.244 e. The van der Waals surface area contributed by atoms with Crippen LogP contribution in [0.5, 0.6) is 5.75 Å². The molecule has 0 saturated carbocycles. The maximum atomic E-state index is 13.2. The van der Waals surface area contributed by atoms with Crippen molar-refractivity contribution in [2.24, 2.45) is 7.05 Å². The summed E-state index contributed by atoms with van der Waals surface area (Å²) in [5, 5.41) is 3.26. The zero-order valence-electron chi connectivity index (χ0n) is 14.1. The van der Waals surface area contributed by atoms with E-state index in [4.69, 9.17) is 4.74 Å². The Morgan fingerprint density at radius 3 is 2.79 bits per heavy atom. The Hall–Kier alpha value is -1.90. The van der Waals surface area contributed by atoms with E-state index in [9.17, 15) is 8.42 Å². The van der Waals surface area contributed by atoms with E-state index in [1.807, 2.05) is 17.8 Å². The highest BCUT2D eigenvalue weighted by Gasteiger charge is 2.37. The Morgan fingerprint density at radius 1 is 1.38 bits per heavy atom. The number of benzene rings is 1. The fourth-order valence-corrected chi connectivity index (χ4v) is 4.85. The first-order valence-electron chi connectivity index (χ1n) is 7.79. The van der Waals surface area contributed by atoms with Gasteiger partial charge in [-0.1, -0.05) is 0 Å². The predicted octanol–water partition coefficient (Wildman–Crippen LogP) is 1.07. The lowest BCUT2D eigenvalue weighted by molar-refractivity contribution is 0.258. The van der Waals surface area contributed by atoms with Gasteiger partial charge in [0.1, 0.15) is 11.6 Å². The van der Waals surface area contributed by atoms with Crippen LogP contribution in [0.25, 0.3) is 0 Å². The largest absolute Gasteiger partial charge is 0.497 e. The van der Waals surface area contributed by atoms with Gasteiger partial charge in [-0.15, -0.1) is 0 Å². The van der Waals surface area contributed by atoms with E-state index >= 15 is 0 Å². The van der Waals surface area contributed by atoms with E-state index in [1.54, 1.807) is 42.7 Å². The number of rotatable bonds is 4. The molecule has 1 N–H and O–H groups in total. The first kappa shape index (κ1) is 16.9. The number of nitrogens with zero attached hydrogens (tertiary/aromatic N) is 3. The van der Waals surface area contributed by atoms with E-state index in [1.165, 1.54) is 0 Å². The van der Waals surface area contributed by atoms with Gasteiger partial charge < -0.3 is 14.6 Å². The van der Waals surface area contributed by atoms with Crippen molar-refractivity contribution < 1.29 is 13.2 Å². The molecule has 7 nitrogen and oxygen atoms in total. The zero-order valence-corrected chi connectivity index (χ0v) is 14.9. The van der Waals surface area contributed by atoms with Crippen LogP contribution in [0.4, 0.5) is 0 Å². The second-order valence-electron chi connectivity index (χ2n) is 5.86. The molecule has 0 spiro atoms. The molecule has 1 saturated heterocycles. The molecule has 1 unspecified atom stereocenters. The average molecular weight is 350 g/mol. The van der Waals surface area contributed by atoms with Crippen molar-refractivity contribution in [3.63, 3.8) is 0 Å². The molecule has 1 aromatic heterocycles. The van der Waals surface area contributed by atoms with Crippen molar-refractivity contribution in [1.29, 1.82) is 0 Å². The maximum Gasteiger partial charge on any atom is 0.244 e. The summed E-state index contributed by atoms with van der Waals surface area (Å²) in [6.07, 6.45) is 3.51. The van der Waals surface area contributed by atoms with Crippen molar-refractivity contribution in [2.75, 3.05) is 26.7 Å². The van der Waals surface area contributed by atoms with E-state index in [0.717, 1.165) is 5.82 Å². The number of aromatic nitrogens is 2. The van der Waals surface area contributed by atoms with E-state index < -0.39 is 10.0 Å². The van der Waals surface area contributed by atoms with Gasteiger partial charge in [0.25, 0.3) is 0 Å². The Labute approximate surface area is 142 Å². The Balaban J connectivity index is 2.02. The standard InChI is InChI=1S/C16H22N4O3S/c1-12-10-13(23-3)4-5-15(12)24(21,22)20-9-6-17-11-14(20)16-18-7-8-19(16)2/h4-5,7-8,10,14,17H,6,9,11H2,1-3H3. The second kappa shape index (κ2) is 6.54. The van der Waals surface area contributed by atoms with Gasteiger partial charge in [-0.05, 0) is 30.7 Å². The van der Waals surface area contributed by atoms with Crippen molar-refractivity contribution in [1.82, 2.24) is 19.2 Å². The number of hydrogen-bond donors (Lipinski definition) is 1. The Kier molecular flexibility index (Phi) is 4.62. The minimum atomic E-state index is -3.63. The number of sulfonamides is 1. The minimum absolute atomic E-state index is 0.310. The van der Waals surface area contributed by atoms with Crippen molar-refractivity contribution in [2.45, 2.75) is 17.9 Å². The third kappa shape index (κ3) is 2.92. The maximum absolute atomic E-state index is 13.2.